The first-order chi connectivity index (χ1) is 7.86. The SMILES string of the molecule is CC1COC2(CCN(C(C)C)CC2(F)F)OC1. The van der Waals surface area contributed by atoms with Crippen LogP contribution in [0.1, 0.15) is 27.2 Å². The largest absolute Gasteiger partial charge is 0.344 e. The van der Waals surface area contributed by atoms with Gasteiger partial charge in [-0.05, 0) is 13.8 Å². The molecule has 0 aromatic rings. The summed E-state index contributed by atoms with van der Waals surface area (Å²) in [5.41, 5.74) is 0. The van der Waals surface area contributed by atoms with E-state index in [1.54, 1.807) is 4.90 Å². The number of ether oxygens (including phenoxy) is 2. The van der Waals surface area contributed by atoms with Crippen LogP contribution in [0.5, 0.6) is 0 Å². The lowest BCUT2D eigenvalue weighted by molar-refractivity contribution is -0.382. The van der Waals surface area contributed by atoms with E-state index < -0.39 is 11.7 Å². The van der Waals surface area contributed by atoms with Crippen molar-refractivity contribution >= 4 is 0 Å². The summed E-state index contributed by atoms with van der Waals surface area (Å²) >= 11 is 0. The zero-order valence-electron chi connectivity index (χ0n) is 10.7. The fourth-order valence-corrected chi connectivity index (χ4v) is 2.37. The molecule has 2 aliphatic heterocycles. The number of likely N-dealkylation sites (tertiary alicyclic amines) is 1. The van der Waals surface area contributed by atoms with Crippen LogP contribution in [0, 0.1) is 5.92 Å². The molecule has 2 heterocycles. The lowest BCUT2D eigenvalue weighted by Crippen LogP contribution is -2.65. The first kappa shape index (κ1) is 13.2. The Morgan fingerprint density at radius 2 is 1.82 bits per heavy atom. The van der Waals surface area contributed by atoms with Gasteiger partial charge in [0.2, 0.25) is 5.79 Å². The molecule has 5 heteroatoms. The van der Waals surface area contributed by atoms with Crippen LogP contribution >= 0.6 is 0 Å². The van der Waals surface area contributed by atoms with Gasteiger partial charge in [-0.2, -0.15) is 8.78 Å². The molecule has 0 amide bonds. The molecule has 3 nitrogen and oxygen atoms in total. The van der Waals surface area contributed by atoms with Gasteiger partial charge in [0.25, 0.3) is 0 Å². The summed E-state index contributed by atoms with van der Waals surface area (Å²) in [6.45, 7) is 6.83. The van der Waals surface area contributed by atoms with E-state index in [1.807, 2.05) is 20.8 Å². The standard InChI is InChI=1S/C12H21F2NO2/c1-9(2)15-5-4-12(11(13,14)8-15)16-6-10(3)7-17-12/h9-10H,4-8H2,1-3H3. The summed E-state index contributed by atoms with van der Waals surface area (Å²) in [5.74, 6) is -4.42. The number of halogens is 2. The molecule has 0 unspecified atom stereocenters. The molecule has 0 bridgehead atoms. The Balaban J connectivity index is 2.10. The third-order valence-corrected chi connectivity index (χ3v) is 3.62. The summed E-state index contributed by atoms with van der Waals surface area (Å²) in [4.78, 5) is 1.77. The maximum atomic E-state index is 14.2. The van der Waals surface area contributed by atoms with Crippen molar-refractivity contribution in [3.8, 4) is 0 Å². The van der Waals surface area contributed by atoms with Crippen molar-refractivity contribution in [2.75, 3.05) is 26.3 Å². The van der Waals surface area contributed by atoms with E-state index in [9.17, 15) is 8.78 Å². The normalized spacial score (nSPS) is 38.8. The van der Waals surface area contributed by atoms with Crippen LogP contribution in [0.25, 0.3) is 0 Å². The molecule has 100 valence electrons. The minimum absolute atomic E-state index is 0.126. The number of piperidine rings is 1. The molecule has 17 heavy (non-hydrogen) atoms. The monoisotopic (exact) mass is 249 g/mol. The third-order valence-electron chi connectivity index (χ3n) is 3.62. The highest BCUT2D eigenvalue weighted by Crippen LogP contribution is 2.43. The Morgan fingerprint density at radius 1 is 1.24 bits per heavy atom. The maximum Gasteiger partial charge on any atom is 0.313 e. The molecule has 0 radical (unpaired) electrons. The number of hydrogen-bond donors (Lipinski definition) is 0. The van der Waals surface area contributed by atoms with E-state index in [-0.39, 0.29) is 24.9 Å². The number of hydrogen-bond acceptors (Lipinski definition) is 3. The molecule has 0 aliphatic carbocycles. The summed E-state index contributed by atoms with van der Waals surface area (Å²) in [5, 5.41) is 0. The number of rotatable bonds is 1. The van der Waals surface area contributed by atoms with Crippen LogP contribution in [-0.2, 0) is 9.47 Å². The van der Waals surface area contributed by atoms with Crippen molar-refractivity contribution in [3.05, 3.63) is 0 Å². The molecule has 1 spiro atoms. The molecule has 2 rings (SSSR count). The topological polar surface area (TPSA) is 21.7 Å². The van der Waals surface area contributed by atoms with Gasteiger partial charge in [0, 0.05) is 24.9 Å². The second kappa shape index (κ2) is 4.44. The van der Waals surface area contributed by atoms with Crippen molar-refractivity contribution in [2.45, 2.75) is 44.9 Å². The molecule has 2 aliphatic rings. The summed E-state index contributed by atoms with van der Waals surface area (Å²) in [6.07, 6.45) is 0.241. The minimum atomic E-state index is -2.93. The van der Waals surface area contributed by atoms with Crippen molar-refractivity contribution in [1.82, 2.24) is 4.90 Å². The quantitative estimate of drug-likeness (QED) is 0.710. The fraction of sp³-hybridized carbons (Fsp3) is 1.00. The Kier molecular flexibility index (Phi) is 3.45. The van der Waals surface area contributed by atoms with Crippen LogP contribution in [0.3, 0.4) is 0 Å². The highest BCUT2D eigenvalue weighted by atomic mass is 19.3. The van der Waals surface area contributed by atoms with Crippen LogP contribution in [0.15, 0.2) is 0 Å². The Bertz CT molecular complexity index is 276. The van der Waals surface area contributed by atoms with Gasteiger partial charge < -0.3 is 9.47 Å². The van der Waals surface area contributed by atoms with Crippen LogP contribution < -0.4 is 0 Å². The van der Waals surface area contributed by atoms with Gasteiger partial charge in [0.15, 0.2) is 0 Å². The second-order valence-electron chi connectivity index (χ2n) is 5.50. The molecule has 2 saturated heterocycles. The molecule has 0 aromatic heterocycles. The van der Waals surface area contributed by atoms with Gasteiger partial charge in [-0.1, -0.05) is 6.92 Å². The zero-order valence-corrected chi connectivity index (χ0v) is 10.7. The Morgan fingerprint density at radius 3 is 2.29 bits per heavy atom. The van der Waals surface area contributed by atoms with E-state index in [0.717, 1.165) is 0 Å². The van der Waals surface area contributed by atoms with Gasteiger partial charge in [-0.15, -0.1) is 0 Å². The smallest absolute Gasteiger partial charge is 0.313 e. The van der Waals surface area contributed by atoms with Crippen molar-refractivity contribution in [1.29, 1.82) is 0 Å². The van der Waals surface area contributed by atoms with E-state index in [4.69, 9.17) is 9.47 Å². The van der Waals surface area contributed by atoms with Crippen LogP contribution in [0.4, 0.5) is 8.78 Å². The lowest BCUT2D eigenvalue weighted by atomic mass is 9.96. The van der Waals surface area contributed by atoms with E-state index in [1.165, 1.54) is 0 Å². The Hall–Kier alpha value is -0.260. The maximum absolute atomic E-state index is 14.2. The molecular formula is C12H21F2NO2. The highest BCUT2D eigenvalue weighted by Gasteiger charge is 2.60. The molecule has 0 saturated carbocycles. The van der Waals surface area contributed by atoms with Gasteiger partial charge >= 0.3 is 5.92 Å². The van der Waals surface area contributed by atoms with Crippen molar-refractivity contribution in [2.24, 2.45) is 5.92 Å². The average molecular weight is 249 g/mol. The first-order valence-corrected chi connectivity index (χ1v) is 6.26. The van der Waals surface area contributed by atoms with Gasteiger partial charge in [0.05, 0.1) is 19.8 Å². The van der Waals surface area contributed by atoms with Gasteiger partial charge in [0.1, 0.15) is 0 Å². The van der Waals surface area contributed by atoms with Crippen LogP contribution in [-0.4, -0.2) is 49.0 Å². The predicted octanol–water partition coefficient (Wildman–Crippen LogP) is 2.12. The van der Waals surface area contributed by atoms with E-state index in [2.05, 4.69) is 0 Å². The summed E-state index contributed by atoms with van der Waals surface area (Å²) < 4.78 is 39.1. The molecule has 0 aromatic carbocycles. The molecule has 2 fully saturated rings. The molecule has 0 atom stereocenters. The number of nitrogens with zero attached hydrogens (tertiary/aromatic N) is 1. The second-order valence-corrected chi connectivity index (χ2v) is 5.50. The van der Waals surface area contributed by atoms with Gasteiger partial charge in [-0.3, -0.25) is 4.90 Å². The summed E-state index contributed by atoms with van der Waals surface area (Å²) in [7, 11) is 0. The third kappa shape index (κ3) is 2.33. The van der Waals surface area contributed by atoms with Crippen molar-refractivity contribution < 1.29 is 18.3 Å². The molecular weight excluding hydrogens is 228 g/mol. The predicted molar refractivity (Wildman–Crippen MR) is 60.1 cm³/mol. The average Bonchev–Trinajstić information content (AvgIpc) is 2.25. The van der Waals surface area contributed by atoms with E-state index in [0.29, 0.717) is 19.8 Å². The first-order valence-electron chi connectivity index (χ1n) is 6.26. The van der Waals surface area contributed by atoms with Gasteiger partial charge in [-0.25, -0.2) is 0 Å². The van der Waals surface area contributed by atoms with Crippen LogP contribution in [0.2, 0.25) is 0 Å². The molecule has 0 N–H and O–H groups in total. The minimum Gasteiger partial charge on any atom is -0.344 e. The zero-order chi connectivity index (χ0) is 12.7. The lowest BCUT2D eigenvalue weighted by Gasteiger charge is -2.49. The summed E-state index contributed by atoms with van der Waals surface area (Å²) in [6, 6.07) is 0.126. The Labute approximate surface area is 101 Å². The van der Waals surface area contributed by atoms with Crippen molar-refractivity contribution in [3.63, 3.8) is 0 Å². The number of alkyl halides is 2. The highest BCUT2D eigenvalue weighted by molar-refractivity contribution is 4.97. The fourth-order valence-electron chi connectivity index (χ4n) is 2.37. The van der Waals surface area contributed by atoms with E-state index >= 15 is 0 Å².